The zero-order chi connectivity index (χ0) is 18.1. The lowest BCUT2D eigenvalue weighted by Gasteiger charge is -2.39. The number of benzene rings is 2. The van der Waals surface area contributed by atoms with Gasteiger partial charge in [0.1, 0.15) is 6.04 Å². The van der Waals surface area contributed by atoms with Crippen molar-refractivity contribution in [2.75, 3.05) is 18.0 Å². The number of carbonyl (C=O) groups is 2. The van der Waals surface area contributed by atoms with Gasteiger partial charge >= 0.3 is 0 Å². The molecule has 0 unspecified atom stereocenters. The number of nitrogens with zero attached hydrogens (tertiary/aromatic N) is 2. The van der Waals surface area contributed by atoms with E-state index >= 15 is 0 Å². The van der Waals surface area contributed by atoms with Crippen LogP contribution in [0.4, 0.5) is 5.69 Å². The summed E-state index contributed by atoms with van der Waals surface area (Å²) in [6.07, 6.45) is 0. The fourth-order valence-corrected chi connectivity index (χ4v) is 3.33. The van der Waals surface area contributed by atoms with Crippen LogP contribution in [-0.2, 0) is 4.79 Å². The first kappa shape index (κ1) is 17.8. The van der Waals surface area contributed by atoms with E-state index < -0.39 is 6.04 Å². The Morgan fingerprint density at radius 3 is 2.44 bits per heavy atom. The molecule has 1 aliphatic rings. The van der Waals surface area contributed by atoms with Gasteiger partial charge in [0.25, 0.3) is 5.91 Å². The number of amides is 2. The van der Waals surface area contributed by atoms with Gasteiger partial charge in [-0.25, -0.2) is 0 Å². The maximum atomic E-state index is 12.9. The van der Waals surface area contributed by atoms with Gasteiger partial charge in [-0.2, -0.15) is 0 Å². The molecule has 0 spiro atoms. The standard InChI is InChI=1S/C19H18Cl2N2O2/c1-12-16(21)4-3-5-17(12)23-11-10-22(13(2)18(23)24)19(25)14-6-8-15(20)9-7-14/h3-9,13H,10-11H2,1-2H3/t13-/m1/s1. The number of anilines is 1. The molecule has 6 heteroatoms. The van der Waals surface area contributed by atoms with Gasteiger partial charge in [0.15, 0.2) is 0 Å². The van der Waals surface area contributed by atoms with Crippen LogP contribution in [0.15, 0.2) is 42.5 Å². The van der Waals surface area contributed by atoms with Gasteiger partial charge in [0, 0.05) is 34.4 Å². The lowest BCUT2D eigenvalue weighted by atomic mass is 10.1. The van der Waals surface area contributed by atoms with E-state index in [4.69, 9.17) is 23.2 Å². The van der Waals surface area contributed by atoms with Crippen molar-refractivity contribution < 1.29 is 9.59 Å². The molecule has 1 aliphatic heterocycles. The van der Waals surface area contributed by atoms with Gasteiger partial charge in [-0.15, -0.1) is 0 Å². The second kappa shape index (κ2) is 7.06. The maximum Gasteiger partial charge on any atom is 0.254 e. The Hall–Kier alpha value is -2.04. The fraction of sp³-hybridized carbons (Fsp3) is 0.263. The summed E-state index contributed by atoms with van der Waals surface area (Å²) < 4.78 is 0. The third-order valence-corrected chi connectivity index (χ3v) is 5.20. The first-order valence-electron chi connectivity index (χ1n) is 8.03. The van der Waals surface area contributed by atoms with Crippen LogP contribution < -0.4 is 4.90 Å². The average molecular weight is 377 g/mol. The van der Waals surface area contributed by atoms with Crippen molar-refractivity contribution in [1.29, 1.82) is 0 Å². The quantitative estimate of drug-likeness (QED) is 0.788. The molecule has 2 aromatic carbocycles. The number of hydrogen-bond acceptors (Lipinski definition) is 2. The van der Waals surface area contributed by atoms with Crippen LogP contribution in [0.1, 0.15) is 22.8 Å². The summed E-state index contributed by atoms with van der Waals surface area (Å²) in [7, 11) is 0. The van der Waals surface area contributed by atoms with Crippen molar-refractivity contribution in [3.63, 3.8) is 0 Å². The number of rotatable bonds is 2. The van der Waals surface area contributed by atoms with E-state index in [9.17, 15) is 9.59 Å². The highest BCUT2D eigenvalue weighted by Crippen LogP contribution is 2.29. The molecule has 1 saturated heterocycles. The largest absolute Gasteiger partial charge is 0.325 e. The molecule has 2 aromatic rings. The predicted octanol–water partition coefficient (Wildman–Crippen LogP) is 4.18. The first-order chi connectivity index (χ1) is 11.9. The van der Waals surface area contributed by atoms with E-state index in [0.29, 0.717) is 28.7 Å². The summed E-state index contributed by atoms with van der Waals surface area (Å²) in [5.74, 6) is -0.279. The van der Waals surface area contributed by atoms with E-state index in [1.54, 1.807) is 47.1 Å². The van der Waals surface area contributed by atoms with Gasteiger partial charge in [0.2, 0.25) is 5.91 Å². The molecular weight excluding hydrogens is 359 g/mol. The van der Waals surface area contributed by atoms with Gasteiger partial charge < -0.3 is 9.80 Å². The normalized spacial score (nSPS) is 17.8. The van der Waals surface area contributed by atoms with E-state index in [1.165, 1.54) is 0 Å². The first-order valence-corrected chi connectivity index (χ1v) is 8.79. The Morgan fingerprint density at radius 2 is 1.76 bits per heavy atom. The number of hydrogen-bond donors (Lipinski definition) is 0. The third-order valence-electron chi connectivity index (χ3n) is 4.54. The van der Waals surface area contributed by atoms with Crippen molar-refractivity contribution in [3.8, 4) is 0 Å². The zero-order valence-electron chi connectivity index (χ0n) is 14.0. The molecule has 2 amide bonds. The van der Waals surface area contributed by atoms with Gasteiger partial charge in [-0.3, -0.25) is 9.59 Å². The lowest BCUT2D eigenvalue weighted by molar-refractivity contribution is -0.124. The van der Waals surface area contributed by atoms with E-state index in [1.807, 2.05) is 19.1 Å². The van der Waals surface area contributed by atoms with Gasteiger partial charge in [-0.05, 0) is 55.8 Å². The second-order valence-corrected chi connectivity index (χ2v) is 6.90. The summed E-state index contributed by atoms with van der Waals surface area (Å²) in [5, 5.41) is 1.19. The molecule has 130 valence electrons. The maximum absolute atomic E-state index is 12.9. The molecule has 0 aromatic heterocycles. The minimum absolute atomic E-state index is 0.112. The topological polar surface area (TPSA) is 40.6 Å². The monoisotopic (exact) mass is 376 g/mol. The van der Waals surface area contributed by atoms with Crippen molar-refractivity contribution in [2.45, 2.75) is 19.9 Å². The highest BCUT2D eigenvalue weighted by molar-refractivity contribution is 6.32. The zero-order valence-corrected chi connectivity index (χ0v) is 15.5. The second-order valence-electron chi connectivity index (χ2n) is 6.06. The van der Waals surface area contributed by atoms with E-state index in [0.717, 1.165) is 11.3 Å². The Kier molecular flexibility index (Phi) is 5.02. The van der Waals surface area contributed by atoms with Gasteiger partial charge in [-0.1, -0.05) is 29.3 Å². The fourth-order valence-electron chi connectivity index (χ4n) is 3.03. The van der Waals surface area contributed by atoms with Crippen molar-refractivity contribution in [1.82, 2.24) is 4.90 Å². The molecule has 0 saturated carbocycles. The summed E-state index contributed by atoms with van der Waals surface area (Å²) in [4.78, 5) is 28.9. The predicted molar refractivity (Wildman–Crippen MR) is 100 cm³/mol. The number of carbonyl (C=O) groups excluding carboxylic acids is 2. The minimum atomic E-state index is -0.546. The molecule has 0 radical (unpaired) electrons. The third kappa shape index (κ3) is 3.37. The Balaban J connectivity index is 1.83. The van der Waals surface area contributed by atoms with Crippen LogP contribution in [0.25, 0.3) is 0 Å². The Morgan fingerprint density at radius 1 is 1.08 bits per heavy atom. The average Bonchev–Trinajstić information content (AvgIpc) is 2.60. The summed E-state index contributed by atoms with van der Waals surface area (Å²) in [6, 6.07) is 11.7. The van der Waals surface area contributed by atoms with E-state index in [-0.39, 0.29) is 11.8 Å². The molecule has 0 N–H and O–H groups in total. The van der Waals surface area contributed by atoms with Crippen LogP contribution in [0.3, 0.4) is 0 Å². The van der Waals surface area contributed by atoms with Crippen LogP contribution in [0.2, 0.25) is 10.0 Å². The summed E-state index contributed by atoms with van der Waals surface area (Å²) >= 11 is 12.0. The molecule has 1 heterocycles. The minimum Gasteiger partial charge on any atom is -0.325 e. The highest BCUT2D eigenvalue weighted by Gasteiger charge is 2.35. The smallest absolute Gasteiger partial charge is 0.254 e. The Bertz CT molecular complexity index is 821. The highest BCUT2D eigenvalue weighted by atomic mass is 35.5. The van der Waals surface area contributed by atoms with Crippen LogP contribution in [-0.4, -0.2) is 35.8 Å². The molecule has 1 atom stereocenters. The SMILES string of the molecule is Cc1c(Cl)cccc1N1CCN(C(=O)c2ccc(Cl)cc2)[C@H](C)C1=O. The molecule has 1 fully saturated rings. The van der Waals surface area contributed by atoms with Crippen LogP contribution in [0.5, 0.6) is 0 Å². The molecule has 0 aliphatic carbocycles. The lowest BCUT2D eigenvalue weighted by Crippen LogP contribution is -2.57. The molecule has 25 heavy (non-hydrogen) atoms. The van der Waals surface area contributed by atoms with Gasteiger partial charge in [0.05, 0.1) is 0 Å². The van der Waals surface area contributed by atoms with Crippen LogP contribution in [0, 0.1) is 6.92 Å². The summed E-state index contributed by atoms with van der Waals surface area (Å²) in [5.41, 5.74) is 2.18. The number of halogens is 2. The van der Waals surface area contributed by atoms with Crippen molar-refractivity contribution in [3.05, 3.63) is 63.6 Å². The molecule has 0 bridgehead atoms. The van der Waals surface area contributed by atoms with Crippen LogP contribution >= 0.6 is 23.2 Å². The summed E-state index contributed by atoms with van der Waals surface area (Å²) in [6.45, 7) is 4.53. The van der Waals surface area contributed by atoms with Crippen molar-refractivity contribution >= 4 is 40.7 Å². The van der Waals surface area contributed by atoms with E-state index in [2.05, 4.69) is 0 Å². The molecular formula is C19H18Cl2N2O2. The number of piperazine rings is 1. The van der Waals surface area contributed by atoms with Crippen molar-refractivity contribution in [2.24, 2.45) is 0 Å². The Labute approximate surface area is 156 Å². The molecule has 3 rings (SSSR count). The molecule has 4 nitrogen and oxygen atoms in total.